The Labute approximate surface area is 261 Å². The number of fused-ring (bicyclic) bond motifs is 6. The summed E-state index contributed by atoms with van der Waals surface area (Å²) < 4.78 is 0. The maximum atomic E-state index is 5.42. The largest absolute Gasteiger partial charge is 0.211 e. The van der Waals surface area contributed by atoms with Gasteiger partial charge in [-0.25, -0.2) is 15.0 Å². The van der Waals surface area contributed by atoms with Crippen molar-refractivity contribution in [3.05, 3.63) is 186 Å². The second kappa shape index (κ2) is 10.1. The molecule has 9 rings (SSSR count). The van der Waals surface area contributed by atoms with Crippen molar-refractivity contribution in [2.75, 3.05) is 0 Å². The molecule has 0 bridgehead atoms. The van der Waals surface area contributed by atoms with Crippen molar-refractivity contribution in [1.82, 2.24) is 15.0 Å². The molecule has 0 amide bonds. The van der Waals surface area contributed by atoms with Crippen molar-refractivity contribution >= 4 is 21.5 Å². The maximum Gasteiger partial charge on any atom is 0.163 e. The normalized spacial score (nSPS) is 15.2. The summed E-state index contributed by atoms with van der Waals surface area (Å²) >= 11 is 0. The quantitative estimate of drug-likeness (QED) is 0.210. The fourth-order valence-electron chi connectivity index (χ4n) is 7.13. The molecule has 0 radical (unpaired) electrons. The van der Waals surface area contributed by atoms with Gasteiger partial charge in [0, 0.05) is 11.1 Å². The molecule has 7 aromatic carbocycles. The van der Waals surface area contributed by atoms with Crippen molar-refractivity contribution in [2.24, 2.45) is 0 Å². The van der Waals surface area contributed by atoms with Crippen LogP contribution < -0.4 is 0 Å². The summed E-state index contributed by atoms with van der Waals surface area (Å²) in [4.78, 5) is 15.9. The van der Waals surface area contributed by atoms with E-state index in [1.807, 2.05) is 18.2 Å². The highest BCUT2D eigenvalue weighted by Gasteiger charge is 2.49. The Morgan fingerprint density at radius 1 is 0.400 bits per heavy atom. The summed E-state index contributed by atoms with van der Waals surface area (Å²) in [6, 6.07) is 57.8. The molecule has 1 unspecified atom stereocenters. The highest BCUT2D eigenvalue weighted by molar-refractivity contribution is 6.03. The van der Waals surface area contributed by atoms with E-state index in [0.29, 0.717) is 17.5 Å². The molecule has 0 fully saturated rings. The highest BCUT2D eigenvalue weighted by atomic mass is 15.0. The summed E-state index contributed by atoms with van der Waals surface area (Å²) in [7, 11) is 0. The van der Waals surface area contributed by atoms with Gasteiger partial charge in [0.1, 0.15) is 5.41 Å². The molecule has 1 atom stereocenters. The van der Waals surface area contributed by atoms with Crippen LogP contribution >= 0.6 is 0 Å². The van der Waals surface area contributed by atoms with Gasteiger partial charge in [-0.3, -0.25) is 0 Å². The second-order valence-electron chi connectivity index (χ2n) is 11.6. The molecule has 45 heavy (non-hydrogen) atoms. The number of rotatable bonds is 4. The van der Waals surface area contributed by atoms with Crippen LogP contribution in [0.3, 0.4) is 0 Å². The van der Waals surface area contributed by atoms with Gasteiger partial charge in [-0.2, -0.15) is 0 Å². The third-order valence-electron chi connectivity index (χ3n) is 9.15. The van der Waals surface area contributed by atoms with E-state index in [-0.39, 0.29) is 0 Å². The molecule has 0 saturated heterocycles. The Hall–Kier alpha value is -5.93. The van der Waals surface area contributed by atoms with E-state index < -0.39 is 5.41 Å². The van der Waals surface area contributed by atoms with Crippen LogP contribution in [0.25, 0.3) is 55.4 Å². The van der Waals surface area contributed by atoms with E-state index in [1.54, 1.807) is 0 Å². The summed E-state index contributed by atoms with van der Waals surface area (Å²) in [6.07, 6.45) is 0. The van der Waals surface area contributed by atoms with Gasteiger partial charge in [0.25, 0.3) is 0 Å². The molecule has 0 saturated carbocycles. The monoisotopic (exact) mass is 573 g/mol. The molecule has 0 spiro atoms. The first-order valence-corrected chi connectivity index (χ1v) is 15.3. The Kier molecular flexibility index (Phi) is 5.72. The zero-order valence-corrected chi connectivity index (χ0v) is 24.4. The van der Waals surface area contributed by atoms with Gasteiger partial charge in [-0.1, -0.05) is 158 Å². The molecule has 210 valence electrons. The van der Waals surface area contributed by atoms with Crippen LogP contribution in [-0.2, 0) is 5.41 Å². The smallest absolute Gasteiger partial charge is 0.163 e. The number of benzene rings is 7. The number of nitrogens with zero attached hydrogens (tertiary/aromatic N) is 3. The first kappa shape index (κ1) is 25.6. The Balaban J connectivity index is 1.42. The Morgan fingerprint density at radius 2 is 1.02 bits per heavy atom. The van der Waals surface area contributed by atoms with E-state index in [4.69, 9.17) is 15.0 Å². The van der Waals surface area contributed by atoms with Gasteiger partial charge in [-0.15, -0.1) is 0 Å². The van der Waals surface area contributed by atoms with E-state index in [1.165, 1.54) is 38.4 Å². The lowest BCUT2D eigenvalue weighted by molar-refractivity contribution is 0.692. The molecule has 1 heterocycles. The van der Waals surface area contributed by atoms with E-state index in [0.717, 1.165) is 22.1 Å². The zero-order chi connectivity index (χ0) is 29.8. The third-order valence-corrected chi connectivity index (χ3v) is 9.15. The van der Waals surface area contributed by atoms with Crippen LogP contribution in [0.5, 0.6) is 0 Å². The van der Waals surface area contributed by atoms with E-state index in [2.05, 4.69) is 146 Å². The minimum atomic E-state index is -0.755. The van der Waals surface area contributed by atoms with Crippen molar-refractivity contribution in [3.63, 3.8) is 0 Å². The van der Waals surface area contributed by atoms with Crippen molar-refractivity contribution in [1.29, 1.82) is 0 Å². The predicted molar refractivity (Wildman–Crippen MR) is 183 cm³/mol. The summed E-state index contributed by atoms with van der Waals surface area (Å²) in [5, 5.41) is 4.78. The zero-order valence-electron chi connectivity index (χ0n) is 24.4. The summed E-state index contributed by atoms with van der Waals surface area (Å²) in [5.41, 5.74) is 7.10. The predicted octanol–water partition coefficient (Wildman–Crippen LogP) is 9.88. The van der Waals surface area contributed by atoms with Crippen molar-refractivity contribution in [2.45, 2.75) is 5.41 Å². The standard InChI is InChI=1S/C42H27N3/c1-3-15-30(16-4-1)39-43-40(32-24-23-28-13-7-8-17-31(28)27-32)45-41(44-39)42(33-18-5-2-6-19-33)36-22-12-11-21-35(36)38-34-20-10-9-14-29(34)25-26-37(38)42/h1-27H. The molecular formula is C42H27N3. The maximum absolute atomic E-state index is 5.42. The van der Waals surface area contributed by atoms with E-state index >= 15 is 0 Å². The fourth-order valence-corrected chi connectivity index (χ4v) is 7.13. The SMILES string of the molecule is c1ccc(-c2nc(-c3ccc4ccccc4c3)nc(C3(c4ccccc4)c4ccccc4-c4c3ccc3ccccc43)n2)cc1. The molecule has 3 heteroatoms. The lowest BCUT2D eigenvalue weighted by Gasteiger charge is -2.32. The van der Waals surface area contributed by atoms with Crippen molar-refractivity contribution in [3.8, 4) is 33.9 Å². The van der Waals surface area contributed by atoms with Gasteiger partial charge in [0.15, 0.2) is 17.5 Å². The number of hydrogen-bond donors (Lipinski definition) is 0. The van der Waals surface area contributed by atoms with Crippen LogP contribution in [0, 0.1) is 0 Å². The third kappa shape index (κ3) is 3.87. The molecule has 8 aromatic rings. The molecule has 1 aliphatic rings. The van der Waals surface area contributed by atoms with Gasteiger partial charge >= 0.3 is 0 Å². The fraction of sp³-hybridized carbons (Fsp3) is 0.0238. The molecule has 0 N–H and O–H groups in total. The van der Waals surface area contributed by atoms with Crippen molar-refractivity contribution < 1.29 is 0 Å². The average Bonchev–Trinajstić information content (AvgIpc) is 3.43. The first-order chi connectivity index (χ1) is 22.3. The minimum Gasteiger partial charge on any atom is -0.211 e. The minimum absolute atomic E-state index is 0.658. The molecule has 1 aromatic heterocycles. The Morgan fingerprint density at radius 3 is 1.84 bits per heavy atom. The molecular weight excluding hydrogens is 546 g/mol. The lowest BCUT2D eigenvalue weighted by Crippen LogP contribution is -2.31. The van der Waals surface area contributed by atoms with Gasteiger partial charge < -0.3 is 0 Å². The average molecular weight is 574 g/mol. The van der Waals surface area contributed by atoms with E-state index in [9.17, 15) is 0 Å². The molecule has 3 nitrogen and oxygen atoms in total. The van der Waals surface area contributed by atoms with Gasteiger partial charge in [0.05, 0.1) is 0 Å². The van der Waals surface area contributed by atoms with Crippen LogP contribution in [0.4, 0.5) is 0 Å². The number of aromatic nitrogens is 3. The van der Waals surface area contributed by atoms with Gasteiger partial charge in [0.2, 0.25) is 0 Å². The first-order valence-electron chi connectivity index (χ1n) is 15.3. The topological polar surface area (TPSA) is 38.7 Å². The number of hydrogen-bond acceptors (Lipinski definition) is 3. The van der Waals surface area contributed by atoms with Crippen LogP contribution in [0.15, 0.2) is 164 Å². The lowest BCUT2D eigenvalue weighted by atomic mass is 9.71. The molecule has 1 aliphatic carbocycles. The second-order valence-corrected chi connectivity index (χ2v) is 11.6. The highest BCUT2D eigenvalue weighted by Crippen LogP contribution is 2.57. The molecule has 0 aliphatic heterocycles. The van der Waals surface area contributed by atoms with Gasteiger partial charge in [-0.05, 0) is 55.4 Å². The summed E-state index contributed by atoms with van der Waals surface area (Å²) in [5.74, 6) is 2.03. The Bertz CT molecular complexity index is 2380. The van der Waals surface area contributed by atoms with Crippen LogP contribution in [0.2, 0.25) is 0 Å². The summed E-state index contributed by atoms with van der Waals surface area (Å²) in [6.45, 7) is 0. The van der Waals surface area contributed by atoms with Crippen LogP contribution in [-0.4, -0.2) is 15.0 Å². The van der Waals surface area contributed by atoms with Crippen LogP contribution in [0.1, 0.15) is 22.5 Å².